The zero-order valence-electron chi connectivity index (χ0n) is 20.1. The molecule has 0 bridgehead atoms. The number of Topliss-reactive ketones (excluding diaryl/α,β-unsaturated/α-hetero) is 1. The van der Waals surface area contributed by atoms with E-state index in [0.717, 1.165) is 0 Å². The summed E-state index contributed by atoms with van der Waals surface area (Å²) in [4.78, 5) is 25.5. The van der Waals surface area contributed by atoms with E-state index in [4.69, 9.17) is 24.7 Å². The van der Waals surface area contributed by atoms with E-state index >= 15 is 0 Å². The van der Waals surface area contributed by atoms with Crippen molar-refractivity contribution in [1.82, 2.24) is 0 Å². The summed E-state index contributed by atoms with van der Waals surface area (Å²) < 4.78 is 21.4. The maximum atomic E-state index is 13.1. The molecule has 3 N–H and O–H groups in total. The second-order valence-corrected chi connectivity index (χ2v) is 7.79. The average molecular weight is 457 g/mol. The maximum Gasteiger partial charge on any atom is 0.241 e. The third kappa shape index (κ3) is 6.04. The van der Waals surface area contributed by atoms with Crippen LogP contribution in [0.3, 0.4) is 0 Å². The quantitative estimate of drug-likeness (QED) is 0.412. The Hall–Kier alpha value is -3.52. The van der Waals surface area contributed by atoms with Crippen LogP contribution in [-0.4, -0.2) is 46.2 Å². The van der Waals surface area contributed by atoms with Crippen molar-refractivity contribution in [3.63, 3.8) is 0 Å². The predicted molar refractivity (Wildman–Crippen MR) is 129 cm³/mol. The first-order chi connectivity index (χ1) is 15.7. The number of carbonyl (C=O) groups excluding carboxylic acids is 2. The number of amides is 1. The number of nitrogens with two attached hydrogens (primary N) is 1. The lowest BCUT2D eigenvalue weighted by atomic mass is 10.0. The molecule has 0 saturated heterocycles. The smallest absolute Gasteiger partial charge is 0.241 e. The van der Waals surface area contributed by atoms with Crippen LogP contribution in [0.5, 0.6) is 23.0 Å². The Kier molecular flexibility index (Phi) is 8.87. The number of rotatable bonds is 10. The van der Waals surface area contributed by atoms with Gasteiger partial charge in [0.15, 0.2) is 17.3 Å². The van der Waals surface area contributed by atoms with Crippen LogP contribution < -0.4 is 30.0 Å². The molecule has 0 spiro atoms. The first-order valence-corrected chi connectivity index (χ1v) is 10.4. The third-order valence-electron chi connectivity index (χ3n) is 5.17. The van der Waals surface area contributed by atoms with Gasteiger partial charge >= 0.3 is 0 Å². The summed E-state index contributed by atoms with van der Waals surface area (Å²) in [5, 5.41) is 2.81. The highest BCUT2D eigenvalue weighted by molar-refractivity contribution is 6.11. The van der Waals surface area contributed by atoms with Gasteiger partial charge in [0.05, 0.1) is 40.2 Å². The van der Waals surface area contributed by atoms with Crippen LogP contribution in [0.15, 0.2) is 35.9 Å². The summed E-state index contributed by atoms with van der Waals surface area (Å²) in [6.07, 6.45) is 1.73. The van der Waals surface area contributed by atoms with Crippen LogP contribution in [0.2, 0.25) is 0 Å². The fourth-order valence-electron chi connectivity index (χ4n) is 3.19. The van der Waals surface area contributed by atoms with E-state index < -0.39 is 6.04 Å². The third-order valence-corrected chi connectivity index (χ3v) is 5.17. The number of hydrogen-bond donors (Lipinski definition) is 2. The number of benzene rings is 2. The molecule has 8 heteroatoms. The van der Waals surface area contributed by atoms with Crippen molar-refractivity contribution in [2.24, 2.45) is 11.7 Å². The topological polar surface area (TPSA) is 109 Å². The molecule has 1 atom stereocenters. The van der Waals surface area contributed by atoms with Gasteiger partial charge < -0.3 is 30.0 Å². The zero-order chi connectivity index (χ0) is 24.7. The molecule has 8 nitrogen and oxygen atoms in total. The van der Waals surface area contributed by atoms with Crippen molar-refractivity contribution in [2.75, 3.05) is 33.8 Å². The van der Waals surface area contributed by atoms with E-state index in [-0.39, 0.29) is 17.6 Å². The molecule has 0 radical (unpaired) electrons. The molecule has 0 aliphatic heterocycles. The summed E-state index contributed by atoms with van der Waals surface area (Å²) in [6.45, 7) is 5.46. The van der Waals surface area contributed by atoms with Gasteiger partial charge in [-0.05, 0) is 54.3 Å². The number of anilines is 1. The number of nitrogens with one attached hydrogen (secondary N) is 1. The Labute approximate surface area is 194 Å². The normalized spacial score (nSPS) is 12.2. The van der Waals surface area contributed by atoms with Crippen LogP contribution in [-0.2, 0) is 4.79 Å². The number of allylic oxidation sites excluding steroid dienone is 1. The lowest BCUT2D eigenvalue weighted by Gasteiger charge is -2.17. The van der Waals surface area contributed by atoms with Gasteiger partial charge in [-0.25, -0.2) is 0 Å². The number of ketones is 1. The zero-order valence-corrected chi connectivity index (χ0v) is 20.1. The molecule has 33 heavy (non-hydrogen) atoms. The minimum Gasteiger partial charge on any atom is -0.495 e. The highest BCUT2D eigenvalue weighted by Crippen LogP contribution is 2.38. The van der Waals surface area contributed by atoms with Gasteiger partial charge in [-0.15, -0.1) is 0 Å². The molecule has 0 aliphatic carbocycles. The molecule has 1 amide bonds. The van der Waals surface area contributed by atoms with E-state index in [1.54, 1.807) is 43.3 Å². The lowest BCUT2D eigenvalue weighted by Crippen LogP contribution is -2.39. The van der Waals surface area contributed by atoms with Gasteiger partial charge in [-0.1, -0.05) is 19.9 Å². The first-order valence-electron chi connectivity index (χ1n) is 10.4. The summed E-state index contributed by atoms with van der Waals surface area (Å²) in [5.41, 5.74) is 8.00. The molecule has 0 aliphatic rings. The molecule has 0 fully saturated rings. The van der Waals surface area contributed by atoms with Gasteiger partial charge in [0, 0.05) is 5.56 Å². The molecule has 0 aromatic heterocycles. The minimum absolute atomic E-state index is 0.0163. The second-order valence-electron chi connectivity index (χ2n) is 7.79. The summed E-state index contributed by atoms with van der Waals surface area (Å²) in [6, 6.07) is 7.80. The fourth-order valence-corrected chi connectivity index (χ4v) is 3.19. The lowest BCUT2D eigenvalue weighted by molar-refractivity contribution is -0.118. The van der Waals surface area contributed by atoms with Crippen molar-refractivity contribution in [1.29, 1.82) is 0 Å². The van der Waals surface area contributed by atoms with E-state index in [0.29, 0.717) is 45.4 Å². The Morgan fingerprint density at radius 3 is 1.97 bits per heavy atom. The van der Waals surface area contributed by atoms with Crippen molar-refractivity contribution < 1.29 is 28.5 Å². The summed E-state index contributed by atoms with van der Waals surface area (Å²) in [7, 11) is 6.00. The van der Waals surface area contributed by atoms with Gasteiger partial charge in [-0.3, -0.25) is 9.59 Å². The van der Waals surface area contributed by atoms with Crippen LogP contribution in [0, 0.1) is 5.92 Å². The highest BCUT2D eigenvalue weighted by atomic mass is 16.5. The molecule has 0 heterocycles. The van der Waals surface area contributed by atoms with Crippen molar-refractivity contribution in [2.45, 2.75) is 26.8 Å². The van der Waals surface area contributed by atoms with Crippen molar-refractivity contribution in [3.05, 3.63) is 47.0 Å². The fraction of sp³-hybridized carbons (Fsp3) is 0.360. The van der Waals surface area contributed by atoms with E-state index in [2.05, 4.69) is 5.32 Å². The number of carbonyl (C=O) groups is 2. The molecule has 2 rings (SSSR count). The predicted octanol–water partition coefficient (Wildman–Crippen LogP) is 3.93. The monoisotopic (exact) mass is 456 g/mol. The maximum absolute atomic E-state index is 13.1. The molecule has 0 saturated carbocycles. The van der Waals surface area contributed by atoms with Crippen molar-refractivity contribution >= 4 is 23.5 Å². The number of hydrogen-bond acceptors (Lipinski definition) is 7. The van der Waals surface area contributed by atoms with E-state index in [1.165, 1.54) is 28.4 Å². The Morgan fingerprint density at radius 2 is 1.48 bits per heavy atom. The number of methoxy groups -OCH3 is 4. The molecule has 2 aromatic rings. The molecular weight excluding hydrogens is 424 g/mol. The number of ether oxygens (including phenoxy) is 4. The summed E-state index contributed by atoms with van der Waals surface area (Å²) >= 11 is 0. The second kappa shape index (κ2) is 11.4. The highest BCUT2D eigenvalue weighted by Gasteiger charge is 2.20. The summed E-state index contributed by atoms with van der Waals surface area (Å²) in [5.74, 6) is 1.15. The minimum atomic E-state index is -0.655. The average Bonchev–Trinajstić information content (AvgIpc) is 2.81. The van der Waals surface area contributed by atoms with E-state index in [9.17, 15) is 9.59 Å². The van der Waals surface area contributed by atoms with Crippen LogP contribution in [0.4, 0.5) is 5.69 Å². The van der Waals surface area contributed by atoms with Crippen molar-refractivity contribution in [3.8, 4) is 23.0 Å². The SMILES string of the molecule is COc1ccc(/C=C(\C)C(=O)c2cc(OC)c(OC)c(OC)c2)cc1NC(=O)[C@@H](N)C(C)C. The van der Waals surface area contributed by atoms with Crippen LogP contribution >= 0.6 is 0 Å². The largest absolute Gasteiger partial charge is 0.495 e. The molecular formula is C25H32N2O6. The van der Waals surface area contributed by atoms with Gasteiger partial charge in [-0.2, -0.15) is 0 Å². The Bertz CT molecular complexity index is 1020. The molecule has 178 valence electrons. The first kappa shape index (κ1) is 25.7. The van der Waals surface area contributed by atoms with Crippen LogP contribution in [0.1, 0.15) is 36.7 Å². The standard InChI is InChI=1S/C25H32N2O6/c1-14(2)22(26)25(29)27-18-11-16(8-9-19(18)30-4)10-15(3)23(28)17-12-20(31-5)24(33-7)21(13-17)32-6/h8-14,22H,26H2,1-7H3,(H,27,29)/b15-10+/t22-/m0/s1. The van der Waals surface area contributed by atoms with Gasteiger partial charge in [0.25, 0.3) is 0 Å². The van der Waals surface area contributed by atoms with Gasteiger partial charge in [0.1, 0.15) is 5.75 Å². The van der Waals surface area contributed by atoms with Crippen LogP contribution in [0.25, 0.3) is 6.08 Å². The molecule has 0 unspecified atom stereocenters. The Morgan fingerprint density at radius 1 is 0.909 bits per heavy atom. The van der Waals surface area contributed by atoms with Gasteiger partial charge in [0.2, 0.25) is 11.7 Å². The molecule has 2 aromatic carbocycles. The van der Waals surface area contributed by atoms with E-state index in [1.807, 2.05) is 13.8 Å². The Balaban J connectivity index is 2.39.